The molecule has 0 aliphatic heterocycles. The Morgan fingerprint density at radius 1 is 1.38 bits per heavy atom. The van der Waals surface area contributed by atoms with E-state index in [1.54, 1.807) is 23.5 Å². The average Bonchev–Trinajstić information content (AvgIpc) is 3.00. The van der Waals surface area contributed by atoms with Gasteiger partial charge in [0.15, 0.2) is 0 Å². The molecule has 0 aliphatic rings. The zero-order valence-electron chi connectivity index (χ0n) is 11.6. The second-order valence-corrected chi connectivity index (χ2v) is 6.36. The van der Waals surface area contributed by atoms with Gasteiger partial charge in [0.2, 0.25) is 0 Å². The summed E-state index contributed by atoms with van der Waals surface area (Å²) in [6, 6.07) is 7.55. The number of rotatable bonds is 3. The molecule has 108 valence electrons. The Kier molecular flexibility index (Phi) is 3.69. The van der Waals surface area contributed by atoms with Crippen molar-refractivity contribution >= 4 is 44.9 Å². The first-order chi connectivity index (χ1) is 10.1. The lowest BCUT2D eigenvalue weighted by Gasteiger charge is -2.13. The number of nitrogens with one attached hydrogen (secondary N) is 1. The third-order valence-electron chi connectivity index (χ3n) is 3.18. The van der Waals surface area contributed by atoms with Gasteiger partial charge in [0.05, 0.1) is 15.2 Å². The van der Waals surface area contributed by atoms with E-state index in [-0.39, 0.29) is 11.9 Å². The van der Waals surface area contributed by atoms with Gasteiger partial charge in [-0.15, -0.1) is 11.3 Å². The molecule has 0 saturated heterocycles. The molecule has 3 rings (SSSR count). The zero-order chi connectivity index (χ0) is 15.0. The maximum absolute atomic E-state index is 12.5. The number of aromatic nitrogens is 2. The van der Waals surface area contributed by atoms with Crippen molar-refractivity contribution in [1.82, 2.24) is 9.55 Å². The molecule has 3 aromatic rings. The molecule has 0 unspecified atom stereocenters. The van der Waals surface area contributed by atoms with Crippen LogP contribution in [0.25, 0.3) is 10.2 Å². The third-order valence-corrected chi connectivity index (χ3v) is 4.25. The Labute approximate surface area is 131 Å². The Morgan fingerprint density at radius 2 is 2.19 bits per heavy atom. The molecule has 21 heavy (non-hydrogen) atoms. The molecule has 0 aliphatic carbocycles. The number of pyridine rings is 1. The molecule has 0 fully saturated rings. The summed E-state index contributed by atoms with van der Waals surface area (Å²) < 4.78 is 3.15. The molecule has 0 bridgehead atoms. The number of hydrogen-bond donors (Lipinski definition) is 1. The largest absolute Gasteiger partial charge is 0.333 e. The SMILES string of the molecule is CC(C)n1c(C(=O)Nc2ccc(Cl)cn2)cc2sccc21. The molecular weight excluding hydrogens is 306 g/mol. The summed E-state index contributed by atoms with van der Waals surface area (Å²) in [4.78, 5) is 16.6. The second kappa shape index (κ2) is 5.50. The topological polar surface area (TPSA) is 46.9 Å². The predicted molar refractivity (Wildman–Crippen MR) is 87.4 cm³/mol. The minimum absolute atomic E-state index is 0.165. The van der Waals surface area contributed by atoms with E-state index in [0.29, 0.717) is 16.5 Å². The van der Waals surface area contributed by atoms with E-state index in [9.17, 15) is 4.79 Å². The minimum Gasteiger partial charge on any atom is -0.333 e. The molecule has 0 atom stereocenters. The van der Waals surface area contributed by atoms with Gasteiger partial charge in [0, 0.05) is 12.2 Å². The van der Waals surface area contributed by atoms with Gasteiger partial charge in [0.1, 0.15) is 11.5 Å². The summed E-state index contributed by atoms with van der Waals surface area (Å²) in [6.45, 7) is 4.13. The summed E-state index contributed by atoms with van der Waals surface area (Å²) >= 11 is 7.42. The fourth-order valence-corrected chi connectivity index (χ4v) is 3.23. The lowest BCUT2D eigenvalue weighted by atomic mass is 10.3. The molecule has 6 heteroatoms. The van der Waals surface area contributed by atoms with Crippen LogP contribution in [0.5, 0.6) is 0 Å². The van der Waals surface area contributed by atoms with E-state index < -0.39 is 0 Å². The first-order valence-electron chi connectivity index (χ1n) is 6.57. The van der Waals surface area contributed by atoms with Crippen molar-refractivity contribution in [3.05, 3.63) is 46.6 Å². The maximum atomic E-state index is 12.5. The maximum Gasteiger partial charge on any atom is 0.273 e. The summed E-state index contributed by atoms with van der Waals surface area (Å²) in [7, 11) is 0. The molecule has 4 nitrogen and oxygen atoms in total. The molecule has 0 saturated carbocycles. The molecular formula is C15H14ClN3OS. The van der Waals surface area contributed by atoms with Gasteiger partial charge < -0.3 is 9.88 Å². The minimum atomic E-state index is -0.165. The van der Waals surface area contributed by atoms with Crippen molar-refractivity contribution < 1.29 is 4.79 Å². The average molecular weight is 320 g/mol. The number of carbonyl (C=O) groups excluding carboxylic acids is 1. The Hall–Kier alpha value is -1.85. The van der Waals surface area contributed by atoms with Crippen LogP contribution in [0.15, 0.2) is 35.8 Å². The number of nitrogens with zero attached hydrogens (tertiary/aromatic N) is 2. The number of amides is 1. The number of fused-ring (bicyclic) bond motifs is 1. The first-order valence-corrected chi connectivity index (χ1v) is 7.83. The number of hydrogen-bond acceptors (Lipinski definition) is 3. The normalized spacial score (nSPS) is 11.2. The first kappa shape index (κ1) is 14.1. The van der Waals surface area contributed by atoms with Crippen LogP contribution in [-0.2, 0) is 0 Å². The van der Waals surface area contributed by atoms with Crippen LogP contribution >= 0.6 is 22.9 Å². The van der Waals surface area contributed by atoms with E-state index in [2.05, 4.69) is 24.1 Å². The van der Waals surface area contributed by atoms with Crippen molar-refractivity contribution in [2.75, 3.05) is 5.32 Å². The van der Waals surface area contributed by atoms with Gasteiger partial charge in [-0.05, 0) is 43.5 Å². The van der Waals surface area contributed by atoms with Gasteiger partial charge in [-0.3, -0.25) is 4.79 Å². The molecule has 1 amide bonds. The monoisotopic (exact) mass is 319 g/mol. The van der Waals surface area contributed by atoms with E-state index in [4.69, 9.17) is 11.6 Å². The van der Waals surface area contributed by atoms with Crippen LogP contribution in [0.2, 0.25) is 5.02 Å². The lowest BCUT2D eigenvalue weighted by Crippen LogP contribution is -2.18. The zero-order valence-corrected chi connectivity index (χ0v) is 13.2. The number of thiophene rings is 1. The standard InChI is InChI=1S/C15H14ClN3OS/c1-9(2)19-11-5-6-21-13(11)7-12(19)15(20)18-14-4-3-10(16)8-17-14/h3-9H,1-2H3,(H,17,18,20). The summed E-state index contributed by atoms with van der Waals surface area (Å²) in [5.74, 6) is 0.325. The van der Waals surface area contributed by atoms with Crippen molar-refractivity contribution in [1.29, 1.82) is 0 Å². The van der Waals surface area contributed by atoms with Gasteiger partial charge in [-0.25, -0.2) is 4.98 Å². The van der Waals surface area contributed by atoms with Crippen LogP contribution in [-0.4, -0.2) is 15.5 Å². The lowest BCUT2D eigenvalue weighted by molar-refractivity contribution is 0.101. The third kappa shape index (κ3) is 2.66. The molecule has 3 aromatic heterocycles. The molecule has 3 heterocycles. The number of carbonyl (C=O) groups is 1. The van der Waals surface area contributed by atoms with Crippen molar-refractivity contribution in [3.8, 4) is 0 Å². The van der Waals surface area contributed by atoms with E-state index in [0.717, 1.165) is 10.2 Å². The van der Waals surface area contributed by atoms with Crippen LogP contribution in [0, 0.1) is 0 Å². The summed E-state index contributed by atoms with van der Waals surface area (Å²) in [5, 5.41) is 5.38. The molecule has 1 N–H and O–H groups in total. The molecule has 0 radical (unpaired) electrons. The van der Waals surface area contributed by atoms with Crippen molar-refractivity contribution in [2.24, 2.45) is 0 Å². The predicted octanol–water partition coefficient (Wildman–Crippen LogP) is 4.58. The fourth-order valence-electron chi connectivity index (χ4n) is 2.31. The summed E-state index contributed by atoms with van der Waals surface area (Å²) in [6.07, 6.45) is 1.51. The van der Waals surface area contributed by atoms with Gasteiger partial charge in [-0.1, -0.05) is 11.6 Å². The quantitative estimate of drug-likeness (QED) is 0.767. The number of halogens is 1. The van der Waals surface area contributed by atoms with Crippen molar-refractivity contribution in [2.45, 2.75) is 19.9 Å². The highest BCUT2D eigenvalue weighted by atomic mass is 35.5. The fraction of sp³-hybridized carbons (Fsp3) is 0.200. The van der Waals surface area contributed by atoms with Crippen LogP contribution < -0.4 is 5.32 Å². The Bertz CT molecular complexity index is 789. The Morgan fingerprint density at radius 3 is 2.86 bits per heavy atom. The summed E-state index contributed by atoms with van der Waals surface area (Å²) in [5.41, 5.74) is 1.73. The highest BCUT2D eigenvalue weighted by molar-refractivity contribution is 7.17. The van der Waals surface area contributed by atoms with E-state index >= 15 is 0 Å². The highest BCUT2D eigenvalue weighted by Gasteiger charge is 2.18. The van der Waals surface area contributed by atoms with Crippen LogP contribution in [0.1, 0.15) is 30.4 Å². The molecule has 0 spiro atoms. The van der Waals surface area contributed by atoms with Crippen LogP contribution in [0.3, 0.4) is 0 Å². The van der Waals surface area contributed by atoms with Gasteiger partial charge in [0.25, 0.3) is 5.91 Å². The molecule has 0 aromatic carbocycles. The van der Waals surface area contributed by atoms with E-state index in [1.165, 1.54) is 6.20 Å². The van der Waals surface area contributed by atoms with Gasteiger partial charge in [-0.2, -0.15) is 0 Å². The Balaban J connectivity index is 1.95. The van der Waals surface area contributed by atoms with Crippen molar-refractivity contribution in [3.63, 3.8) is 0 Å². The van der Waals surface area contributed by atoms with Crippen LogP contribution in [0.4, 0.5) is 5.82 Å². The second-order valence-electron chi connectivity index (χ2n) is 4.98. The van der Waals surface area contributed by atoms with E-state index in [1.807, 2.05) is 22.1 Å². The van der Waals surface area contributed by atoms with Gasteiger partial charge >= 0.3 is 0 Å². The highest BCUT2D eigenvalue weighted by Crippen LogP contribution is 2.28. The number of anilines is 1. The smallest absolute Gasteiger partial charge is 0.273 e.